The first-order valence-electron chi connectivity index (χ1n) is 5.54. The Balaban J connectivity index is 2.73. The maximum Gasteiger partial charge on any atom is 0.194 e. The molecule has 0 bridgehead atoms. The van der Waals surface area contributed by atoms with Crippen LogP contribution in [-0.2, 0) is 11.3 Å². The minimum Gasteiger partial charge on any atom is -0.395 e. The van der Waals surface area contributed by atoms with Crippen molar-refractivity contribution in [1.82, 2.24) is 4.90 Å². The molecule has 0 atom stereocenters. The highest BCUT2D eigenvalue weighted by molar-refractivity contribution is 5.19. The Hall–Kier alpha value is -1.11. The van der Waals surface area contributed by atoms with E-state index in [1.165, 1.54) is 7.11 Å². The SMILES string of the molecule is COCCN(CCO)Cc1cc(F)c(F)c(F)c1. The third-order valence-corrected chi connectivity index (χ3v) is 2.48. The largest absolute Gasteiger partial charge is 0.395 e. The van der Waals surface area contributed by atoms with Gasteiger partial charge in [-0.05, 0) is 17.7 Å². The number of nitrogens with zero attached hydrogens (tertiary/aromatic N) is 1. The molecule has 1 N–H and O–H groups in total. The molecule has 0 aliphatic rings. The molecule has 102 valence electrons. The smallest absolute Gasteiger partial charge is 0.194 e. The normalized spacial score (nSPS) is 11.2. The molecule has 0 radical (unpaired) electrons. The van der Waals surface area contributed by atoms with Gasteiger partial charge in [0.05, 0.1) is 13.2 Å². The van der Waals surface area contributed by atoms with E-state index >= 15 is 0 Å². The summed E-state index contributed by atoms with van der Waals surface area (Å²) >= 11 is 0. The van der Waals surface area contributed by atoms with Gasteiger partial charge in [0.15, 0.2) is 17.5 Å². The first-order valence-corrected chi connectivity index (χ1v) is 5.54. The predicted molar refractivity (Wildman–Crippen MR) is 60.6 cm³/mol. The highest BCUT2D eigenvalue weighted by atomic mass is 19.2. The van der Waals surface area contributed by atoms with Gasteiger partial charge in [-0.25, -0.2) is 13.2 Å². The second kappa shape index (κ2) is 7.35. The number of aliphatic hydroxyl groups excluding tert-OH is 1. The molecule has 0 aromatic heterocycles. The molecule has 18 heavy (non-hydrogen) atoms. The fourth-order valence-electron chi connectivity index (χ4n) is 1.59. The lowest BCUT2D eigenvalue weighted by atomic mass is 10.2. The van der Waals surface area contributed by atoms with Crippen molar-refractivity contribution in [2.24, 2.45) is 0 Å². The van der Waals surface area contributed by atoms with Gasteiger partial charge >= 0.3 is 0 Å². The van der Waals surface area contributed by atoms with Gasteiger partial charge in [0.2, 0.25) is 0 Å². The standard InChI is InChI=1S/C12H16F3NO2/c1-18-5-3-16(2-4-17)8-9-6-10(13)12(15)11(14)7-9/h6-7,17H,2-5,8H2,1H3. The molecule has 0 saturated heterocycles. The van der Waals surface area contributed by atoms with Gasteiger partial charge in [-0.15, -0.1) is 0 Å². The molecule has 3 nitrogen and oxygen atoms in total. The molecule has 0 aliphatic heterocycles. The van der Waals surface area contributed by atoms with Crippen LogP contribution in [0.15, 0.2) is 12.1 Å². The third-order valence-electron chi connectivity index (χ3n) is 2.48. The molecule has 0 fully saturated rings. The summed E-state index contributed by atoms with van der Waals surface area (Å²) in [6.07, 6.45) is 0. The monoisotopic (exact) mass is 263 g/mol. The molecular weight excluding hydrogens is 247 g/mol. The maximum atomic E-state index is 13.0. The van der Waals surface area contributed by atoms with Gasteiger partial charge in [-0.1, -0.05) is 0 Å². The predicted octanol–water partition coefficient (Wildman–Crippen LogP) is 1.54. The van der Waals surface area contributed by atoms with Crippen LogP contribution >= 0.6 is 0 Å². The number of benzene rings is 1. The van der Waals surface area contributed by atoms with E-state index in [1.807, 2.05) is 0 Å². The Morgan fingerprint density at radius 2 is 1.78 bits per heavy atom. The zero-order chi connectivity index (χ0) is 13.5. The Morgan fingerprint density at radius 1 is 1.17 bits per heavy atom. The van der Waals surface area contributed by atoms with E-state index in [0.29, 0.717) is 25.3 Å². The number of hydrogen-bond acceptors (Lipinski definition) is 3. The van der Waals surface area contributed by atoms with Crippen LogP contribution in [0.2, 0.25) is 0 Å². The Labute approximate surface area is 104 Å². The van der Waals surface area contributed by atoms with Crippen molar-refractivity contribution < 1.29 is 23.0 Å². The highest BCUT2D eigenvalue weighted by Gasteiger charge is 2.12. The summed E-state index contributed by atoms with van der Waals surface area (Å²) in [4.78, 5) is 1.76. The lowest BCUT2D eigenvalue weighted by molar-refractivity contribution is 0.126. The number of ether oxygens (including phenoxy) is 1. The van der Waals surface area contributed by atoms with Gasteiger partial charge in [0.25, 0.3) is 0 Å². The van der Waals surface area contributed by atoms with Crippen LogP contribution < -0.4 is 0 Å². The number of rotatable bonds is 7. The van der Waals surface area contributed by atoms with Crippen LogP contribution in [0, 0.1) is 17.5 Å². The minimum absolute atomic E-state index is 0.0735. The lowest BCUT2D eigenvalue weighted by Crippen LogP contribution is -2.30. The van der Waals surface area contributed by atoms with Crippen LogP contribution in [0.3, 0.4) is 0 Å². The third kappa shape index (κ3) is 4.29. The summed E-state index contributed by atoms with van der Waals surface area (Å²) in [7, 11) is 1.54. The Morgan fingerprint density at radius 3 is 2.28 bits per heavy atom. The molecule has 0 saturated carbocycles. The molecular formula is C12H16F3NO2. The highest BCUT2D eigenvalue weighted by Crippen LogP contribution is 2.15. The van der Waals surface area contributed by atoms with Crippen LogP contribution in [0.1, 0.15) is 5.56 Å². The van der Waals surface area contributed by atoms with Crippen LogP contribution in [0.25, 0.3) is 0 Å². The average Bonchev–Trinajstić information content (AvgIpc) is 2.33. The van der Waals surface area contributed by atoms with Crippen LogP contribution in [0.4, 0.5) is 13.2 Å². The molecule has 1 aromatic rings. The summed E-state index contributed by atoms with van der Waals surface area (Å²) in [6, 6.07) is 1.91. The van der Waals surface area contributed by atoms with E-state index in [4.69, 9.17) is 9.84 Å². The van der Waals surface area contributed by atoms with E-state index in [-0.39, 0.29) is 13.2 Å². The second-order valence-electron chi connectivity index (χ2n) is 3.87. The first kappa shape index (κ1) is 14.9. The summed E-state index contributed by atoms with van der Waals surface area (Å²) in [6.45, 7) is 1.45. The van der Waals surface area contributed by atoms with Crippen molar-refractivity contribution in [2.75, 3.05) is 33.4 Å². The van der Waals surface area contributed by atoms with Crippen molar-refractivity contribution >= 4 is 0 Å². The lowest BCUT2D eigenvalue weighted by Gasteiger charge is -2.21. The van der Waals surface area contributed by atoms with E-state index in [0.717, 1.165) is 12.1 Å². The quantitative estimate of drug-likeness (QED) is 0.758. The summed E-state index contributed by atoms with van der Waals surface area (Å²) < 4.78 is 43.7. The van der Waals surface area contributed by atoms with Gasteiger partial charge < -0.3 is 9.84 Å². The van der Waals surface area contributed by atoms with Crippen LogP contribution in [0.5, 0.6) is 0 Å². The van der Waals surface area contributed by atoms with Crippen molar-refractivity contribution in [3.63, 3.8) is 0 Å². The molecule has 1 rings (SSSR count). The minimum atomic E-state index is -1.47. The molecule has 0 heterocycles. The van der Waals surface area contributed by atoms with E-state index in [2.05, 4.69) is 0 Å². The molecule has 0 unspecified atom stereocenters. The molecule has 0 spiro atoms. The van der Waals surface area contributed by atoms with E-state index in [1.54, 1.807) is 4.90 Å². The first-order chi connectivity index (χ1) is 8.58. The molecule has 6 heteroatoms. The maximum absolute atomic E-state index is 13.0. The number of hydrogen-bond donors (Lipinski definition) is 1. The fraction of sp³-hybridized carbons (Fsp3) is 0.500. The number of aliphatic hydroxyl groups is 1. The van der Waals surface area contributed by atoms with Crippen molar-refractivity contribution in [3.8, 4) is 0 Å². The topological polar surface area (TPSA) is 32.7 Å². The van der Waals surface area contributed by atoms with Crippen molar-refractivity contribution in [3.05, 3.63) is 35.1 Å². The molecule has 1 aromatic carbocycles. The molecule has 0 amide bonds. The summed E-state index contributed by atoms with van der Waals surface area (Å²) in [5.41, 5.74) is 0.316. The zero-order valence-corrected chi connectivity index (χ0v) is 10.1. The van der Waals surface area contributed by atoms with Gasteiger partial charge in [-0.2, -0.15) is 0 Å². The average molecular weight is 263 g/mol. The summed E-state index contributed by atoms with van der Waals surface area (Å²) in [5, 5.41) is 8.88. The number of methoxy groups -OCH3 is 1. The van der Waals surface area contributed by atoms with Gasteiger partial charge in [-0.3, -0.25) is 4.90 Å². The van der Waals surface area contributed by atoms with Gasteiger partial charge in [0, 0.05) is 26.7 Å². The van der Waals surface area contributed by atoms with Crippen LogP contribution in [-0.4, -0.2) is 43.4 Å². The van der Waals surface area contributed by atoms with Crippen molar-refractivity contribution in [1.29, 1.82) is 0 Å². The second-order valence-corrected chi connectivity index (χ2v) is 3.87. The fourth-order valence-corrected chi connectivity index (χ4v) is 1.59. The van der Waals surface area contributed by atoms with E-state index in [9.17, 15) is 13.2 Å². The van der Waals surface area contributed by atoms with Crippen molar-refractivity contribution in [2.45, 2.75) is 6.54 Å². The zero-order valence-electron chi connectivity index (χ0n) is 10.1. The van der Waals surface area contributed by atoms with E-state index < -0.39 is 17.5 Å². The summed E-state index contributed by atoms with van der Waals surface area (Å²) in [5.74, 6) is -3.88. The Bertz CT molecular complexity index is 365. The molecule has 0 aliphatic carbocycles. The number of halogens is 3. The van der Waals surface area contributed by atoms with Gasteiger partial charge in [0.1, 0.15) is 0 Å². The Kier molecular flexibility index (Phi) is 6.11.